The van der Waals surface area contributed by atoms with E-state index in [0.29, 0.717) is 12.2 Å². The van der Waals surface area contributed by atoms with Crippen molar-refractivity contribution in [2.24, 2.45) is 5.92 Å². The van der Waals surface area contributed by atoms with E-state index in [9.17, 15) is 4.79 Å². The fraction of sp³-hybridized carbons (Fsp3) is 0.435. The minimum Gasteiger partial charge on any atom is -0.455 e. The molecule has 0 bridgehead atoms. The highest BCUT2D eigenvalue weighted by Crippen LogP contribution is 2.40. The second-order valence-electron chi connectivity index (χ2n) is 7.27. The number of thioether (sulfide) groups is 1. The third-order valence-electron chi connectivity index (χ3n) is 5.33. The van der Waals surface area contributed by atoms with Gasteiger partial charge in [-0.3, -0.25) is 0 Å². The van der Waals surface area contributed by atoms with Crippen molar-refractivity contribution in [3.63, 3.8) is 0 Å². The largest absolute Gasteiger partial charge is 0.455 e. The second kappa shape index (κ2) is 9.30. The predicted octanol–water partition coefficient (Wildman–Crippen LogP) is 4.44. The lowest BCUT2D eigenvalue weighted by Crippen LogP contribution is -2.58. The Balaban J connectivity index is 1.51. The first-order valence-corrected chi connectivity index (χ1v) is 11.1. The molecule has 2 aromatic rings. The van der Waals surface area contributed by atoms with E-state index in [1.165, 1.54) is 0 Å². The molecule has 4 rings (SSSR count). The van der Waals surface area contributed by atoms with E-state index in [-0.39, 0.29) is 29.5 Å². The van der Waals surface area contributed by atoms with Crippen LogP contribution in [0.2, 0.25) is 0 Å². The van der Waals surface area contributed by atoms with Crippen molar-refractivity contribution in [3.05, 3.63) is 71.8 Å². The van der Waals surface area contributed by atoms with Gasteiger partial charge in [0.25, 0.3) is 0 Å². The molecule has 6 unspecified atom stereocenters. The number of carbonyl (C=O) groups excluding carboxylic acids is 1. The summed E-state index contributed by atoms with van der Waals surface area (Å²) in [5.41, 5.74) is 1.27. The van der Waals surface area contributed by atoms with Crippen molar-refractivity contribution < 1.29 is 23.7 Å². The van der Waals surface area contributed by atoms with E-state index < -0.39 is 12.4 Å². The third kappa shape index (κ3) is 4.51. The Bertz CT molecular complexity index is 799. The van der Waals surface area contributed by atoms with E-state index in [0.717, 1.165) is 11.3 Å². The molecule has 0 aliphatic carbocycles. The van der Waals surface area contributed by atoms with Crippen LogP contribution in [-0.2, 0) is 18.9 Å². The van der Waals surface area contributed by atoms with Crippen LogP contribution in [0.1, 0.15) is 36.1 Å². The number of fused-ring (bicyclic) bond motifs is 1. The molecule has 2 aromatic carbocycles. The predicted molar refractivity (Wildman–Crippen MR) is 112 cm³/mol. The minimum absolute atomic E-state index is 0.0272. The van der Waals surface area contributed by atoms with Crippen molar-refractivity contribution >= 4 is 17.7 Å². The molecule has 154 valence electrons. The summed E-state index contributed by atoms with van der Waals surface area (Å²) < 4.78 is 24.4. The van der Waals surface area contributed by atoms with Crippen molar-refractivity contribution in [1.82, 2.24) is 0 Å². The van der Waals surface area contributed by atoms with Crippen LogP contribution >= 0.6 is 11.8 Å². The van der Waals surface area contributed by atoms with Crippen LogP contribution in [0.4, 0.5) is 0 Å². The fourth-order valence-electron chi connectivity index (χ4n) is 3.82. The summed E-state index contributed by atoms with van der Waals surface area (Å²) in [5, 5.41) is 0. The van der Waals surface area contributed by atoms with Crippen molar-refractivity contribution in [2.45, 2.75) is 43.9 Å². The molecule has 0 amide bonds. The van der Waals surface area contributed by atoms with E-state index in [4.69, 9.17) is 18.9 Å². The molecule has 0 saturated carbocycles. The molecule has 0 spiro atoms. The van der Waals surface area contributed by atoms with Crippen LogP contribution < -0.4 is 0 Å². The molecule has 2 fully saturated rings. The third-order valence-corrected chi connectivity index (χ3v) is 6.37. The Morgan fingerprint density at radius 2 is 1.76 bits per heavy atom. The summed E-state index contributed by atoms with van der Waals surface area (Å²) in [4.78, 5) is 12.7. The zero-order valence-corrected chi connectivity index (χ0v) is 17.4. The van der Waals surface area contributed by atoms with Gasteiger partial charge in [-0.15, -0.1) is 11.8 Å². The number of ether oxygens (including phenoxy) is 4. The number of rotatable bonds is 5. The van der Waals surface area contributed by atoms with Crippen LogP contribution in [0.5, 0.6) is 0 Å². The highest BCUT2D eigenvalue weighted by molar-refractivity contribution is 7.99. The molecule has 2 aliphatic rings. The highest BCUT2D eigenvalue weighted by atomic mass is 32.2. The number of esters is 1. The summed E-state index contributed by atoms with van der Waals surface area (Å²) >= 11 is 1.64. The van der Waals surface area contributed by atoms with Crippen LogP contribution in [-0.4, -0.2) is 42.1 Å². The standard InChI is InChI=1S/C23H26O5S/c1-3-29-23-20(27-21(24)16-10-6-4-7-11-16)15(2)19-18(26-23)14-25-22(28-19)17-12-8-5-9-13-17/h4-13,15,18-20,22-23H,3,14H2,1-2H3. The molecule has 2 saturated heterocycles. The molecular formula is C23H26O5S. The molecule has 5 nitrogen and oxygen atoms in total. The lowest BCUT2D eigenvalue weighted by molar-refractivity contribution is -0.306. The Kier molecular flexibility index (Phi) is 6.55. The number of carbonyl (C=O) groups is 1. The SMILES string of the molecule is CCSC1OC2COC(c3ccccc3)OC2C(C)C1OC(=O)c1ccccc1. The number of benzene rings is 2. The number of hydrogen-bond acceptors (Lipinski definition) is 6. The van der Waals surface area contributed by atoms with Gasteiger partial charge in [0.15, 0.2) is 6.29 Å². The first-order chi connectivity index (χ1) is 14.2. The average Bonchev–Trinajstić information content (AvgIpc) is 2.77. The quantitative estimate of drug-likeness (QED) is 0.674. The lowest BCUT2D eigenvalue weighted by Gasteiger charge is -2.48. The zero-order chi connectivity index (χ0) is 20.2. The van der Waals surface area contributed by atoms with Gasteiger partial charge in [-0.05, 0) is 17.9 Å². The Morgan fingerprint density at radius 1 is 1.07 bits per heavy atom. The van der Waals surface area contributed by atoms with Gasteiger partial charge >= 0.3 is 5.97 Å². The van der Waals surface area contributed by atoms with Gasteiger partial charge in [-0.25, -0.2) is 4.79 Å². The monoisotopic (exact) mass is 414 g/mol. The molecule has 2 heterocycles. The molecule has 29 heavy (non-hydrogen) atoms. The van der Waals surface area contributed by atoms with Gasteiger partial charge in [0.05, 0.1) is 18.3 Å². The first kappa shape index (κ1) is 20.4. The lowest BCUT2D eigenvalue weighted by atomic mass is 9.90. The molecule has 0 aromatic heterocycles. The normalized spacial score (nSPS) is 31.7. The molecule has 0 N–H and O–H groups in total. The maximum atomic E-state index is 12.7. The fourth-order valence-corrected chi connectivity index (χ4v) is 4.87. The zero-order valence-electron chi connectivity index (χ0n) is 16.6. The summed E-state index contributed by atoms with van der Waals surface area (Å²) in [6, 6.07) is 18.9. The van der Waals surface area contributed by atoms with Crippen LogP contribution in [0.25, 0.3) is 0 Å². The van der Waals surface area contributed by atoms with Crippen LogP contribution in [0.15, 0.2) is 60.7 Å². The smallest absolute Gasteiger partial charge is 0.338 e. The van der Waals surface area contributed by atoms with Crippen LogP contribution in [0, 0.1) is 5.92 Å². The Hall–Kier alpha value is -1.86. The summed E-state index contributed by atoms with van der Waals surface area (Å²) in [7, 11) is 0. The van der Waals surface area contributed by atoms with E-state index in [1.54, 1.807) is 23.9 Å². The Labute approximate surface area is 175 Å². The van der Waals surface area contributed by atoms with Gasteiger partial charge < -0.3 is 18.9 Å². The van der Waals surface area contributed by atoms with Crippen molar-refractivity contribution in [2.75, 3.05) is 12.4 Å². The second-order valence-corrected chi connectivity index (χ2v) is 8.65. The highest BCUT2D eigenvalue weighted by Gasteiger charge is 2.49. The maximum Gasteiger partial charge on any atom is 0.338 e. The van der Waals surface area contributed by atoms with E-state index >= 15 is 0 Å². The van der Waals surface area contributed by atoms with Crippen molar-refractivity contribution in [3.8, 4) is 0 Å². The van der Waals surface area contributed by atoms with Gasteiger partial charge in [-0.2, -0.15) is 0 Å². The molecular weight excluding hydrogens is 388 g/mol. The van der Waals surface area contributed by atoms with Gasteiger partial charge in [-0.1, -0.05) is 62.4 Å². The molecule has 6 heteroatoms. The summed E-state index contributed by atoms with van der Waals surface area (Å²) in [6.07, 6.45) is -1.23. The minimum atomic E-state index is -0.440. The molecule has 2 aliphatic heterocycles. The number of hydrogen-bond donors (Lipinski definition) is 0. The van der Waals surface area contributed by atoms with Gasteiger partial charge in [0, 0.05) is 11.5 Å². The van der Waals surface area contributed by atoms with Gasteiger partial charge in [0.1, 0.15) is 17.6 Å². The molecule has 6 atom stereocenters. The molecule has 0 radical (unpaired) electrons. The van der Waals surface area contributed by atoms with Crippen LogP contribution in [0.3, 0.4) is 0 Å². The van der Waals surface area contributed by atoms with E-state index in [1.807, 2.05) is 48.5 Å². The summed E-state index contributed by atoms with van der Waals surface area (Å²) in [5.74, 6) is 0.501. The topological polar surface area (TPSA) is 54.0 Å². The average molecular weight is 415 g/mol. The maximum absolute atomic E-state index is 12.7. The summed E-state index contributed by atoms with van der Waals surface area (Å²) in [6.45, 7) is 4.59. The first-order valence-electron chi connectivity index (χ1n) is 10.0. The van der Waals surface area contributed by atoms with Crippen molar-refractivity contribution in [1.29, 1.82) is 0 Å². The Morgan fingerprint density at radius 3 is 2.45 bits per heavy atom. The van der Waals surface area contributed by atoms with Gasteiger partial charge in [0.2, 0.25) is 0 Å². The van der Waals surface area contributed by atoms with E-state index in [2.05, 4.69) is 13.8 Å².